The fourth-order valence-corrected chi connectivity index (χ4v) is 3.25. The van der Waals surface area contributed by atoms with E-state index in [0.29, 0.717) is 16.8 Å². The SMILES string of the molecule is NC(=O)c1ccc(N2CCCC2)c(NC(=O)c2ccsc2)c1. The lowest BCUT2D eigenvalue weighted by Gasteiger charge is -2.22. The number of carbonyl (C=O) groups excluding carboxylic acids is 2. The van der Waals surface area contributed by atoms with Crippen LogP contribution in [0.5, 0.6) is 0 Å². The first kappa shape index (κ1) is 14.6. The second-order valence-corrected chi connectivity index (χ2v) is 6.04. The highest BCUT2D eigenvalue weighted by atomic mass is 32.1. The van der Waals surface area contributed by atoms with Crippen molar-refractivity contribution in [3.8, 4) is 0 Å². The first-order chi connectivity index (χ1) is 10.6. The van der Waals surface area contributed by atoms with Crippen LogP contribution in [0, 0.1) is 0 Å². The van der Waals surface area contributed by atoms with Crippen LogP contribution in [0.25, 0.3) is 0 Å². The van der Waals surface area contributed by atoms with E-state index in [1.807, 2.05) is 11.4 Å². The highest BCUT2D eigenvalue weighted by Crippen LogP contribution is 2.30. The maximum atomic E-state index is 12.3. The lowest BCUT2D eigenvalue weighted by Crippen LogP contribution is -2.22. The molecule has 1 fully saturated rings. The molecule has 2 amide bonds. The van der Waals surface area contributed by atoms with Crippen LogP contribution in [-0.2, 0) is 0 Å². The zero-order valence-electron chi connectivity index (χ0n) is 12.0. The van der Waals surface area contributed by atoms with Gasteiger partial charge in [-0.15, -0.1) is 0 Å². The Morgan fingerprint density at radius 1 is 1.14 bits per heavy atom. The summed E-state index contributed by atoms with van der Waals surface area (Å²) in [6.07, 6.45) is 2.27. The van der Waals surface area contributed by atoms with Crippen molar-refractivity contribution in [1.82, 2.24) is 0 Å². The Kier molecular flexibility index (Phi) is 4.11. The average molecular weight is 315 g/mol. The molecule has 0 saturated carbocycles. The average Bonchev–Trinajstić information content (AvgIpc) is 3.20. The Labute approximate surface area is 132 Å². The molecule has 114 valence electrons. The van der Waals surface area contributed by atoms with E-state index in [-0.39, 0.29) is 5.91 Å². The molecule has 3 N–H and O–H groups in total. The quantitative estimate of drug-likeness (QED) is 0.911. The monoisotopic (exact) mass is 315 g/mol. The van der Waals surface area contributed by atoms with Crippen LogP contribution in [0.3, 0.4) is 0 Å². The fourth-order valence-electron chi connectivity index (χ4n) is 2.61. The minimum atomic E-state index is -0.501. The van der Waals surface area contributed by atoms with Crippen LogP contribution in [0.15, 0.2) is 35.0 Å². The molecule has 0 spiro atoms. The van der Waals surface area contributed by atoms with Crippen LogP contribution in [0.4, 0.5) is 11.4 Å². The summed E-state index contributed by atoms with van der Waals surface area (Å²) in [4.78, 5) is 25.9. The summed E-state index contributed by atoms with van der Waals surface area (Å²) in [5.41, 5.74) is 7.92. The number of nitrogens with one attached hydrogen (secondary N) is 1. The number of benzene rings is 1. The van der Waals surface area contributed by atoms with Crippen LogP contribution in [0.2, 0.25) is 0 Å². The first-order valence-corrected chi connectivity index (χ1v) is 8.12. The Morgan fingerprint density at radius 3 is 2.55 bits per heavy atom. The van der Waals surface area contributed by atoms with Gasteiger partial charge in [0.05, 0.1) is 16.9 Å². The van der Waals surface area contributed by atoms with Crippen molar-refractivity contribution >= 4 is 34.5 Å². The second kappa shape index (κ2) is 6.19. The Bertz CT molecular complexity index is 691. The summed E-state index contributed by atoms with van der Waals surface area (Å²) in [6.45, 7) is 1.91. The lowest BCUT2D eigenvalue weighted by molar-refractivity contribution is 0.0996. The molecule has 22 heavy (non-hydrogen) atoms. The van der Waals surface area contributed by atoms with Gasteiger partial charge in [-0.3, -0.25) is 9.59 Å². The van der Waals surface area contributed by atoms with Crippen molar-refractivity contribution in [3.05, 3.63) is 46.2 Å². The fraction of sp³-hybridized carbons (Fsp3) is 0.250. The van der Waals surface area contributed by atoms with Gasteiger partial charge in [-0.1, -0.05) is 0 Å². The number of rotatable bonds is 4. The minimum absolute atomic E-state index is 0.177. The third-order valence-corrected chi connectivity index (χ3v) is 4.44. The molecule has 1 saturated heterocycles. The van der Waals surface area contributed by atoms with E-state index in [9.17, 15) is 9.59 Å². The highest BCUT2D eigenvalue weighted by molar-refractivity contribution is 7.08. The molecular formula is C16H17N3O2S. The van der Waals surface area contributed by atoms with E-state index in [1.54, 1.807) is 23.6 Å². The van der Waals surface area contributed by atoms with Gasteiger partial charge in [-0.25, -0.2) is 0 Å². The van der Waals surface area contributed by atoms with Crippen molar-refractivity contribution in [2.75, 3.05) is 23.3 Å². The number of primary amides is 1. The molecular weight excluding hydrogens is 298 g/mol. The zero-order chi connectivity index (χ0) is 15.5. The number of anilines is 2. The molecule has 0 radical (unpaired) electrons. The Hall–Kier alpha value is -2.34. The lowest BCUT2D eigenvalue weighted by atomic mass is 10.1. The van der Waals surface area contributed by atoms with Gasteiger partial charge in [0.1, 0.15) is 0 Å². The maximum Gasteiger partial charge on any atom is 0.256 e. The second-order valence-electron chi connectivity index (χ2n) is 5.26. The molecule has 0 atom stereocenters. The summed E-state index contributed by atoms with van der Waals surface area (Å²) in [5, 5.41) is 6.56. The summed E-state index contributed by atoms with van der Waals surface area (Å²) >= 11 is 1.47. The predicted octanol–water partition coefficient (Wildman–Crippen LogP) is 2.70. The molecule has 1 aromatic carbocycles. The van der Waals surface area contributed by atoms with Crippen molar-refractivity contribution in [3.63, 3.8) is 0 Å². The van der Waals surface area contributed by atoms with Crippen molar-refractivity contribution in [2.24, 2.45) is 5.73 Å². The summed E-state index contributed by atoms with van der Waals surface area (Å²) in [6, 6.07) is 6.98. The summed E-state index contributed by atoms with van der Waals surface area (Å²) in [5.74, 6) is -0.678. The molecule has 1 aromatic heterocycles. The number of thiophene rings is 1. The number of hydrogen-bond acceptors (Lipinski definition) is 4. The molecule has 1 aliphatic heterocycles. The van der Waals surface area contributed by atoms with Gasteiger partial charge < -0.3 is 16.0 Å². The van der Waals surface area contributed by atoms with E-state index in [2.05, 4.69) is 10.2 Å². The normalized spacial score (nSPS) is 14.1. The molecule has 6 heteroatoms. The van der Waals surface area contributed by atoms with Gasteiger partial charge in [-0.05, 0) is 42.5 Å². The van der Waals surface area contributed by atoms with Crippen molar-refractivity contribution < 1.29 is 9.59 Å². The highest BCUT2D eigenvalue weighted by Gasteiger charge is 2.18. The van der Waals surface area contributed by atoms with E-state index >= 15 is 0 Å². The van der Waals surface area contributed by atoms with E-state index in [1.165, 1.54) is 11.3 Å². The van der Waals surface area contributed by atoms with E-state index in [0.717, 1.165) is 31.6 Å². The Balaban J connectivity index is 1.93. The van der Waals surface area contributed by atoms with Gasteiger partial charge in [0.25, 0.3) is 5.91 Å². The van der Waals surface area contributed by atoms with Gasteiger partial charge in [0.15, 0.2) is 0 Å². The van der Waals surface area contributed by atoms with Crippen molar-refractivity contribution in [1.29, 1.82) is 0 Å². The van der Waals surface area contributed by atoms with Gasteiger partial charge in [0.2, 0.25) is 5.91 Å². The zero-order valence-corrected chi connectivity index (χ0v) is 12.9. The molecule has 5 nitrogen and oxygen atoms in total. The standard InChI is InChI=1S/C16H17N3O2S/c17-15(20)11-3-4-14(19-6-1-2-7-19)13(9-11)18-16(21)12-5-8-22-10-12/h3-5,8-10H,1-2,6-7H2,(H2,17,20)(H,18,21). The van der Waals surface area contributed by atoms with Gasteiger partial charge in [0, 0.05) is 24.0 Å². The number of nitrogens with zero attached hydrogens (tertiary/aromatic N) is 1. The summed E-state index contributed by atoms with van der Waals surface area (Å²) in [7, 11) is 0. The largest absolute Gasteiger partial charge is 0.370 e. The third-order valence-electron chi connectivity index (χ3n) is 3.76. The van der Waals surface area contributed by atoms with Gasteiger partial charge >= 0.3 is 0 Å². The molecule has 2 heterocycles. The number of hydrogen-bond donors (Lipinski definition) is 2. The third kappa shape index (κ3) is 2.96. The number of carbonyl (C=O) groups is 2. The van der Waals surface area contributed by atoms with Crippen LogP contribution >= 0.6 is 11.3 Å². The predicted molar refractivity (Wildman–Crippen MR) is 88.7 cm³/mol. The first-order valence-electron chi connectivity index (χ1n) is 7.17. The van der Waals surface area contributed by atoms with E-state index in [4.69, 9.17) is 5.73 Å². The molecule has 0 aliphatic carbocycles. The molecule has 0 bridgehead atoms. The molecule has 1 aliphatic rings. The Morgan fingerprint density at radius 2 is 1.91 bits per heavy atom. The van der Waals surface area contributed by atoms with E-state index < -0.39 is 5.91 Å². The topological polar surface area (TPSA) is 75.4 Å². The number of nitrogens with two attached hydrogens (primary N) is 1. The van der Waals surface area contributed by atoms with Gasteiger partial charge in [-0.2, -0.15) is 11.3 Å². The molecule has 3 rings (SSSR count). The smallest absolute Gasteiger partial charge is 0.256 e. The van der Waals surface area contributed by atoms with Crippen LogP contribution < -0.4 is 16.0 Å². The number of amides is 2. The summed E-state index contributed by atoms with van der Waals surface area (Å²) < 4.78 is 0. The van der Waals surface area contributed by atoms with Crippen LogP contribution in [0.1, 0.15) is 33.6 Å². The minimum Gasteiger partial charge on any atom is -0.370 e. The van der Waals surface area contributed by atoms with Crippen LogP contribution in [-0.4, -0.2) is 24.9 Å². The van der Waals surface area contributed by atoms with Crippen molar-refractivity contribution in [2.45, 2.75) is 12.8 Å². The maximum absolute atomic E-state index is 12.3. The molecule has 2 aromatic rings. The molecule has 0 unspecified atom stereocenters.